The van der Waals surface area contributed by atoms with Gasteiger partial charge >= 0.3 is 0 Å². The largest absolute Gasteiger partial charge is 0.397 e. The van der Waals surface area contributed by atoms with Gasteiger partial charge < -0.3 is 11.1 Å². The maximum Gasteiger partial charge on any atom is 0.229 e. The molecule has 0 saturated carbocycles. The minimum atomic E-state index is 0.0669. The van der Waals surface area contributed by atoms with Crippen LogP contribution in [-0.2, 0) is 4.79 Å². The van der Waals surface area contributed by atoms with E-state index in [0.717, 1.165) is 17.9 Å². The molecule has 5 heteroatoms. The number of nitrogens with one attached hydrogen (secondary N) is 1. The lowest BCUT2D eigenvalue weighted by Crippen LogP contribution is -2.22. The van der Waals surface area contributed by atoms with Gasteiger partial charge in [-0.05, 0) is 24.3 Å². The number of nitrogens with zero attached hydrogens (tertiary/aromatic N) is 1. The van der Waals surface area contributed by atoms with Crippen molar-refractivity contribution in [1.29, 1.82) is 0 Å². The number of rotatable bonds is 2. The molecule has 1 atom stereocenters. The first-order valence-electron chi connectivity index (χ1n) is 4.86. The van der Waals surface area contributed by atoms with Gasteiger partial charge in [-0.15, -0.1) is 0 Å². The van der Waals surface area contributed by atoms with Crippen LogP contribution in [-0.4, -0.2) is 22.4 Å². The van der Waals surface area contributed by atoms with E-state index in [1.807, 2.05) is 11.8 Å². The lowest BCUT2D eigenvalue weighted by molar-refractivity contribution is -0.119. The molecule has 0 aromatic carbocycles. The molecule has 1 aromatic heterocycles. The Morgan fingerprint density at radius 2 is 2.47 bits per heavy atom. The normalized spacial score (nSPS) is 20.1. The minimum absolute atomic E-state index is 0.0669. The molecular formula is C10H13N3OS. The standard InChI is InChI=1S/C10H13N3OS/c11-8-1-2-9(12-5-8)13-10(14)7-3-4-15-6-7/h1-2,5,7H,3-4,6,11H2,(H,12,13,14). The fraction of sp³-hybridized carbons (Fsp3) is 0.400. The van der Waals surface area contributed by atoms with E-state index in [1.54, 1.807) is 18.3 Å². The third kappa shape index (κ3) is 2.62. The van der Waals surface area contributed by atoms with Crippen molar-refractivity contribution >= 4 is 29.2 Å². The number of hydrogen-bond acceptors (Lipinski definition) is 4. The van der Waals surface area contributed by atoms with Gasteiger partial charge in [0.05, 0.1) is 11.9 Å². The lowest BCUT2D eigenvalue weighted by atomic mass is 10.1. The van der Waals surface area contributed by atoms with Crippen LogP contribution >= 0.6 is 11.8 Å². The first-order chi connectivity index (χ1) is 7.25. The number of thioether (sulfide) groups is 1. The van der Waals surface area contributed by atoms with Crippen LogP contribution in [0.5, 0.6) is 0 Å². The number of carbonyl (C=O) groups excluding carboxylic acids is 1. The van der Waals surface area contributed by atoms with Gasteiger partial charge in [0, 0.05) is 11.7 Å². The van der Waals surface area contributed by atoms with E-state index in [0.29, 0.717) is 11.5 Å². The summed E-state index contributed by atoms with van der Waals surface area (Å²) in [6, 6.07) is 3.45. The maximum atomic E-state index is 11.7. The van der Waals surface area contributed by atoms with E-state index in [-0.39, 0.29) is 11.8 Å². The summed E-state index contributed by atoms with van der Waals surface area (Å²) < 4.78 is 0. The summed E-state index contributed by atoms with van der Waals surface area (Å²) in [6.07, 6.45) is 2.50. The molecule has 1 unspecified atom stereocenters. The van der Waals surface area contributed by atoms with Gasteiger partial charge in [-0.1, -0.05) is 0 Å². The summed E-state index contributed by atoms with van der Waals surface area (Å²) in [6.45, 7) is 0. The Bertz CT molecular complexity index is 346. The third-order valence-electron chi connectivity index (χ3n) is 2.34. The van der Waals surface area contributed by atoms with Crippen LogP contribution in [0, 0.1) is 5.92 Å². The summed E-state index contributed by atoms with van der Waals surface area (Å²) in [5.74, 6) is 2.77. The second-order valence-corrected chi connectivity index (χ2v) is 4.68. The molecule has 0 aliphatic carbocycles. The summed E-state index contributed by atoms with van der Waals surface area (Å²) in [7, 11) is 0. The first-order valence-corrected chi connectivity index (χ1v) is 6.01. The highest BCUT2D eigenvalue weighted by Crippen LogP contribution is 2.24. The molecule has 0 radical (unpaired) electrons. The van der Waals surface area contributed by atoms with Crippen LogP contribution in [0.1, 0.15) is 6.42 Å². The van der Waals surface area contributed by atoms with Crippen LogP contribution in [0.15, 0.2) is 18.3 Å². The van der Waals surface area contributed by atoms with E-state index in [9.17, 15) is 4.79 Å². The second kappa shape index (κ2) is 4.53. The van der Waals surface area contributed by atoms with Gasteiger partial charge in [0.15, 0.2) is 0 Å². The zero-order valence-corrected chi connectivity index (χ0v) is 9.09. The summed E-state index contributed by atoms with van der Waals surface area (Å²) >= 11 is 1.82. The second-order valence-electron chi connectivity index (χ2n) is 3.53. The molecule has 1 aliphatic rings. The molecule has 2 heterocycles. The molecule has 0 bridgehead atoms. The fourth-order valence-electron chi connectivity index (χ4n) is 1.45. The van der Waals surface area contributed by atoms with E-state index in [1.165, 1.54) is 0 Å². The monoisotopic (exact) mass is 223 g/mol. The molecule has 1 aromatic rings. The molecule has 15 heavy (non-hydrogen) atoms. The molecule has 80 valence electrons. The highest BCUT2D eigenvalue weighted by molar-refractivity contribution is 7.99. The Balaban J connectivity index is 1.96. The average molecular weight is 223 g/mol. The van der Waals surface area contributed by atoms with Crippen molar-refractivity contribution < 1.29 is 4.79 Å². The Kier molecular flexibility index (Phi) is 3.11. The number of nitrogens with two attached hydrogens (primary N) is 1. The fourth-order valence-corrected chi connectivity index (χ4v) is 2.67. The Morgan fingerprint density at radius 3 is 3.07 bits per heavy atom. The molecule has 1 saturated heterocycles. The molecular weight excluding hydrogens is 210 g/mol. The van der Waals surface area contributed by atoms with Crippen molar-refractivity contribution in [2.24, 2.45) is 5.92 Å². The van der Waals surface area contributed by atoms with Gasteiger partial charge in [0.1, 0.15) is 5.82 Å². The number of amides is 1. The van der Waals surface area contributed by atoms with Gasteiger partial charge in [-0.3, -0.25) is 4.79 Å². The predicted molar refractivity (Wildman–Crippen MR) is 62.7 cm³/mol. The molecule has 0 spiro atoms. The molecule has 4 nitrogen and oxygen atoms in total. The summed E-state index contributed by atoms with van der Waals surface area (Å²) in [5.41, 5.74) is 6.10. The molecule has 2 rings (SSSR count). The van der Waals surface area contributed by atoms with Crippen LogP contribution in [0.2, 0.25) is 0 Å². The Hall–Kier alpha value is -1.23. The summed E-state index contributed by atoms with van der Waals surface area (Å²) in [4.78, 5) is 15.7. The van der Waals surface area contributed by atoms with Gasteiger partial charge in [-0.25, -0.2) is 4.98 Å². The highest BCUT2D eigenvalue weighted by atomic mass is 32.2. The highest BCUT2D eigenvalue weighted by Gasteiger charge is 2.23. The summed E-state index contributed by atoms with van der Waals surface area (Å²) in [5, 5.41) is 2.79. The third-order valence-corrected chi connectivity index (χ3v) is 3.50. The van der Waals surface area contributed by atoms with Crippen LogP contribution < -0.4 is 11.1 Å². The van der Waals surface area contributed by atoms with Crippen molar-refractivity contribution in [3.63, 3.8) is 0 Å². The Morgan fingerprint density at radius 1 is 1.60 bits per heavy atom. The molecule has 1 aliphatic heterocycles. The zero-order valence-electron chi connectivity index (χ0n) is 8.27. The van der Waals surface area contributed by atoms with Crippen molar-refractivity contribution in [3.05, 3.63) is 18.3 Å². The van der Waals surface area contributed by atoms with Crippen molar-refractivity contribution in [1.82, 2.24) is 4.98 Å². The van der Waals surface area contributed by atoms with Gasteiger partial charge in [-0.2, -0.15) is 11.8 Å². The van der Waals surface area contributed by atoms with Crippen LogP contribution in [0.25, 0.3) is 0 Å². The minimum Gasteiger partial charge on any atom is -0.397 e. The van der Waals surface area contributed by atoms with E-state index in [2.05, 4.69) is 10.3 Å². The number of hydrogen-bond donors (Lipinski definition) is 2. The number of pyridine rings is 1. The predicted octanol–water partition coefficient (Wildman–Crippen LogP) is 1.36. The maximum absolute atomic E-state index is 11.7. The van der Waals surface area contributed by atoms with Gasteiger partial charge in [0.2, 0.25) is 5.91 Å². The van der Waals surface area contributed by atoms with Crippen molar-refractivity contribution in [3.8, 4) is 0 Å². The molecule has 3 N–H and O–H groups in total. The topological polar surface area (TPSA) is 68.0 Å². The van der Waals surface area contributed by atoms with Crippen LogP contribution in [0.3, 0.4) is 0 Å². The number of carbonyl (C=O) groups is 1. The van der Waals surface area contributed by atoms with E-state index >= 15 is 0 Å². The number of nitrogen functional groups attached to an aromatic ring is 1. The average Bonchev–Trinajstić information content (AvgIpc) is 2.74. The smallest absolute Gasteiger partial charge is 0.229 e. The number of aromatic nitrogens is 1. The molecule has 1 fully saturated rings. The number of anilines is 2. The van der Waals surface area contributed by atoms with E-state index < -0.39 is 0 Å². The van der Waals surface area contributed by atoms with Crippen molar-refractivity contribution in [2.45, 2.75) is 6.42 Å². The van der Waals surface area contributed by atoms with Crippen LogP contribution in [0.4, 0.5) is 11.5 Å². The quantitative estimate of drug-likeness (QED) is 0.794. The SMILES string of the molecule is Nc1ccc(NC(=O)C2CCSC2)nc1. The van der Waals surface area contributed by atoms with E-state index in [4.69, 9.17) is 5.73 Å². The molecule has 1 amide bonds. The first kappa shape index (κ1) is 10.3. The van der Waals surface area contributed by atoms with Crippen molar-refractivity contribution in [2.75, 3.05) is 22.6 Å². The zero-order chi connectivity index (χ0) is 10.7. The van der Waals surface area contributed by atoms with Gasteiger partial charge in [0.25, 0.3) is 0 Å². The lowest BCUT2D eigenvalue weighted by Gasteiger charge is -2.08. The Labute approximate surface area is 92.6 Å².